The number of hydrogen-bond donors (Lipinski definition) is 3. The van der Waals surface area contributed by atoms with Crippen LogP contribution >= 0.6 is 23.2 Å². The first-order chi connectivity index (χ1) is 13.8. The normalized spacial score (nSPS) is 11.3. The molecule has 3 N–H and O–H groups in total. The largest absolute Gasteiger partial charge is 0.481 e. The van der Waals surface area contributed by atoms with E-state index in [0.717, 1.165) is 5.56 Å². The molecule has 2 aromatic rings. The van der Waals surface area contributed by atoms with Crippen molar-refractivity contribution in [2.45, 2.75) is 32.8 Å². The van der Waals surface area contributed by atoms with Crippen LogP contribution in [0.5, 0.6) is 5.75 Å². The van der Waals surface area contributed by atoms with Crippen LogP contribution in [0.1, 0.15) is 25.3 Å². The summed E-state index contributed by atoms with van der Waals surface area (Å²) in [5.41, 5.74) is 5.83. The molecule has 1 unspecified atom stereocenters. The van der Waals surface area contributed by atoms with Crippen molar-refractivity contribution in [1.82, 2.24) is 10.9 Å². The van der Waals surface area contributed by atoms with Gasteiger partial charge in [0.25, 0.3) is 5.91 Å². The Hall–Kier alpha value is -2.77. The third kappa shape index (κ3) is 7.29. The fourth-order valence-corrected chi connectivity index (χ4v) is 2.71. The smallest absolute Gasteiger partial charge is 0.279 e. The standard InChI is InChI=1S/C20H21Cl2N3O4/c1-12-5-3-4-6-17(12)29-13(2)20(28)25-24-19(27)10-9-18(26)23-16-8-7-14(21)11-15(16)22/h3-8,11,13H,9-10H2,1-2H3,(H,23,26)(H,24,27)(H,25,28). The Morgan fingerprint density at radius 2 is 1.69 bits per heavy atom. The van der Waals surface area contributed by atoms with Gasteiger partial charge in [-0.15, -0.1) is 0 Å². The Morgan fingerprint density at radius 1 is 1.00 bits per heavy atom. The van der Waals surface area contributed by atoms with Crippen LogP contribution in [0.15, 0.2) is 42.5 Å². The first-order valence-corrected chi connectivity index (χ1v) is 9.57. The quantitative estimate of drug-likeness (QED) is 0.576. The summed E-state index contributed by atoms with van der Waals surface area (Å²) >= 11 is 11.8. The van der Waals surface area contributed by atoms with Gasteiger partial charge in [-0.1, -0.05) is 41.4 Å². The minimum Gasteiger partial charge on any atom is -0.481 e. The SMILES string of the molecule is Cc1ccccc1OC(C)C(=O)NNC(=O)CCC(=O)Nc1ccc(Cl)cc1Cl. The number of ether oxygens (including phenoxy) is 1. The van der Waals surface area contributed by atoms with Crippen molar-refractivity contribution in [3.63, 3.8) is 0 Å². The van der Waals surface area contributed by atoms with E-state index in [1.54, 1.807) is 31.2 Å². The third-order valence-electron chi connectivity index (χ3n) is 3.88. The van der Waals surface area contributed by atoms with E-state index in [0.29, 0.717) is 21.5 Å². The molecular formula is C20H21Cl2N3O4. The molecule has 0 heterocycles. The summed E-state index contributed by atoms with van der Waals surface area (Å²) in [5, 5.41) is 3.34. The number of para-hydroxylation sites is 1. The van der Waals surface area contributed by atoms with Gasteiger partial charge in [-0.05, 0) is 43.7 Å². The Kier molecular flexibility index (Phi) is 8.30. The maximum atomic E-state index is 12.1. The lowest BCUT2D eigenvalue weighted by molar-refractivity contribution is -0.133. The van der Waals surface area contributed by atoms with Gasteiger partial charge in [0.15, 0.2) is 6.10 Å². The fourth-order valence-electron chi connectivity index (χ4n) is 2.26. The number of carbonyl (C=O) groups excluding carboxylic acids is 3. The molecule has 0 aliphatic carbocycles. The van der Waals surface area contributed by atoms with E-state index in [1.807, 2.05) is 19.1 Å². The molecule has 0 spiro atoms. The molecular weight excluding hydrogens is 417 g/mol. The first-order valence-electron chi connectivity index (χ1n) is 8.82. The van der Waals surface area contributed by atoms with Crippen molar-refractivity contribution in [3.8, 4) is 5.75 Å². The maximum absolute atomic E-state index is 12.1. The molecule has 2 aromatic carbocycles. The highest BCUT2D eigenvalue weighted by atomic mass is 35.5. The summed E-state index contributed by atoms with van der Waals surface area (Å²) in [5.74, 6) is -0.844. The minimum atomic E-state index is -0.813. The number of anilines is 1. The average Bonchev–Trinajstić information content (AvgIpc) is 2.68. The lowest BCUT2D eigenvalue weighted by Crippen LogP contribution is -2.47. The topological polar surface area (TPSA) is 96.5 Å². The predicted octanol–water partition coefficient (Wildman–Crippen LogP) is 3.64. The van der Waals surface area contributed by atoms with Crippen LogP contribution in [0.25, 0.3) is 0 Å². The number of nitrogens with one attached hydrogen (secondary N) is 3. The Bertz CT molecular complexity index is 905. The summed E-state index contributed by atoms with van der Waals surface area (Å²) in [6.07, 6.45) is -1.02. The molecule has 0 aliphatic rings. The van der Waals surface area contributed by atoms with Crippen LogP contribution in [-0.4, -0.2) is 23.8 Å². The lowest BCUT2D eigenvalue weighted by atomic mass is 10.2. The summed E-state index contributed by atoms with van der Waals surface area (Å²) in [6, 6.07) is 11.9. The zero-order valence-corrected chi connectivity index (χ0v) is 17.4. The van der Waals surface area contributed by atoms with Crippen molar-refractivity contribution in [1.29, 1.82) is 0 Å². The number of hydrogen-bond acceptors (Lipinski definition) is 4. The minimum absolute atomic E-state index is 0.0874. The van der Waals surface area contributed by atoms with E-state index in [4.69, 9.17) is 27.9 Å². The van der Waals surface area contributed by atoms with Gasteiger partial charge in [0.05, 0.1) is 10.7 Å². The highest BCUT2D eigenvalue weighted by molar-refractivity contribution is 6.36. The van der Waals surface area contributed by atoms with E-state index in [2.05, 4.69) is 16.2 Å². The fraction of sp³-hybridized carbons (Fsp3) is 0.250. The molecule has 29 heavy (non-hydrogen) atoms. The number of halogens is 2. The Morgan fingerprint density at radius 3 is 2.38 bits per heavy atom. The number of carbonyl (C=O) groups is 3. The highest BCUT2D eigenvalue weighted by Gasteiger charge is 2.16. The van der Waals surface area contributed by atoms with Crippen molar-refractivity contribution < 1.29 is 19.1 Å². The molecule has 0 aromatic heterocycles. The molecule has 0 saturated carbocycles. The number of rotatable bonds is 7. The molecule has 0 bridgehead atoms. The van der Waals surface area contributed by atoms with E-state index >= 15 is 0 Å². The van der Waals surface area contributed by atoms with Gasteiger partial charge < -0.3 is 10.1 Å². The zero-order chi connectivity index (χ0) is 21.4. The van der Waals surface area contributed by atoms with Crippen molar-refractivity contribution in [3.05, 3.63) is 58.1 Å². The van der Waals surface area contributed by atoms with Crippen LogP contribution < -0.4 is 20.9 Å². The van der Waals surface area contributed by atoms with Gasteiger partial charge in [0.1, 0.15) is 5.75 Å². The van der Waals surface area contributed by atoms with Gasteiger partial charge in [-0.2, -0.15) is 0 Å². The predicted molar refractivity (Wildman–Crippen MR) is 112 cm³/mol. The number of amides is 3. The third-order valence-corrected chi connectivity index (χ3v) is 4.42. The summed E-state index contributed by atoms with van der Waals surface area (Å²) < 4.78 is 5.57. The van der Waals surface area contributed by atoms with Gasteiger partial charge in [0, 0.05) is 17.9 Å². The molecule has 2 rings (SSSR count). The van der Waals surface area contributed by atoms with E-state index in [9.17, 15) is 14.4 Å². The second-order valence-electron chi connectivity index (χ2n) is 6.24. The second-order valence-corrected chi connectivity index (χ2v) is 7.08. The Balaban J connectivity index is 1.72. The molecule has 0 fully saturated rings. The van der Waals surface area contributed by atoms with Gasteiger partial charge >= 0.3 is 0 Å². The molecule has 3 amide bonds. The number of benzene rings is 2. The van der Waals surface area contributed by atoms with Crippen molar-refractivity contribution in [2.24, 2.45) is 0 Å². The van der Waals surface area contributed by atoms with Gasteiger partial charge in [0.2, 0.25) is 11.8 Å². The monoisotopic (exact) mass is 437 g/mol. The molecule has 0 radical (unpaired) electrons. The van der Waals surface area contributed by atoms with Crippen LogP contribution in [0.4, 0.5) is 5.69 Å². The summed E-state index contributed by atoms with van der Waals surface area (Å²) in [7, 11) is 0. The highest BCUT2D eigenvalue weighted by Crippen LogP contribution is 2.25. The summed E-state index contributed by atoms with van der Waals surface area (Å²) in [4.78, 5) is 35.9. The van der Waals surface area contributed by atoms with Crippen LogP contribution in [0, 0.1) is 6.92 Å². The molecule has 0 aliphatic heterocycles. The van der Waals surface area contributed by atoms with E-state index in [1.165, 1.54) is 6.07 Å². The molecule has 0 saturated heterocycles. The maximum Gasteiger partial charge on any atom is 0.279 e. The number of hydrazine groups is 1. The van der Waals surface area contributed by atoms with E-state index < -0.39 is 23.8 Å². The Labute approximate surface area is 178 Å². The second kappa shape index (κ2) is 10.7. The van der Waals surface area contributed by atoms with Crippen molar-refractivity contribution in [2.75, 3.05) is 5.32 Å². The molecule has 9 heteroatoms. The van der Waals surface area contributed by atoms with E-state index in [-0.39, 0.29) is 12.8 Å². The summed E-state index contributed by atoms with van der Waals surface area (Å²) in [6.45, 7) is 3.43. The average molecular weight is 438 g/mol. The van der Waals surface area contributed by atoms with Crippen LogP contribution in [-0.2, 0) is 14.4 Å². The lowest BCUT2D eigenvalue weighted by Gasteiger charge is -2.16. The zero-order valence-electron chi connectivity index (χ0n) is 15.9. The first kappa shape index (κ1) is 22.5. The van der Waals surface area contributed by atoms with Gasteiger partial charge in [-0.3, -0.25) is 25.2 Å². The molecule has 1 atom stereocenters. The van der Waals surface area contributed by atoms with Crippen LogP contribution in [0.2, 0.25) is 10.0 Å². The van der Waals surface area contributed by atoms with Crippen molar-refractivity contribution >= 4 is 46.6 Å². The van der Waals surface area contributed by atoms with Crippen LogP contribution in [0.3, 0.4) is 0 Å². The van der Waals surface area contributed by atoms with Gasteiger partial charge in [-0.25, -0.2) is 0 Å². The molecule has 7 nitrogen and oxygen atoms in total. The molecule has 154 valence electrons. The number of aryl methyl sites for hydroxylation is 1.